The molecule has 0 fully saturated rings. The van der Waals surface area contributed by atoms with Crippen molar-refractivity contribution in [3.05, 3.63) is 47.6 Å². The minimum Gasteiger partial charge on any atom is -0.289 e. The second-order valence-electron chi connectivity index (χ2n) is 5.78. The number of aliphatic imine (C=N–C) groups is 1. The topological polar surface area (TPSA) is 54.0 Å². The van der Waals surface area contributed by atoms with Crippen molar-refractivity contribution < 1.29 is 0 Å². The van der Waals surface area contributed by atoms with Gasteiger partial charge in [-0.15, -0.1) is 23.7 Å². The largest absolute Gasteiger partial charge is 0.289 e. The molecule has 0 bridgehead atoms. The van der Waals surface area contributed by atoms with Gasteiger partial charge in [0.1, 0.15) is 5.84 Å². The number of hydrogen-bond donors (Lipinski definition) is 1. The van der Waals surface area contributed by atoms with E-state index >= 15 is 0 Å². The van der Waals surface area contributed by atoms with Gasteiger partial charge in [-0.05, 0) is 12.8 Å². The van der Waals surface area contributed by atoms with Crippen molar-refractivity contribution in [2.24, 2.45) is 10.1 Å². The Morgan fingerprint density at radius 2 is 2.04 bits per heavy atom. The summed E-state index contributed by atoms with van der Waals surface area (Å²) < 4.78 is 2.08. The number of nitrogens with one attached hydrogen (secondary N) is 1. The van der Waals surface area contributed by atoms with Crippen molar-refractivity contribution in [1.29, 1.82) is 0 Å². The number of benzene rings is 1. The van der Waals surface area contributed by atoms with Gasteiger partial charge in [-0.1, -0.05) is 36.8 Å². The van der Waals surface area contributed by atoms with E-state index in [-0.39, 0.29) is 12.4 Å². The van der Waals surface area contributed by atoms with Crippen LogP contribution in [0.5, 0.6) is 0 Å². The SMILES string of the molecule is C(=N\NC1=NCCCCC1)/c1c(-c2ccccc2)nc2sccn12.Cl. The van der Waals surface area contributed by atoms with Crippen molar-refractivity contribution in [2.45, 2.75) is 25.7 Å². The summed E-state index contributed by atoms with van der Waals surface area (Å²) in [5.74, 6) is 0.982. The molecule has 1 aromatic carbocycles. The van der Waals surface area contributed by atoms with E-state index in [1.165, 1.54) is 19.3 Å². The molecule has 0 radical (unpaired) electrons. The average Bonchev–Trinajstić information content (AvgIpc) is 3.10. The fraction of sp³-hybridized carbons (Fsp3) is 0.278. The number of rotatable bonds is 3. The van der Waals surface area contributed by atoms with E-state index in [1.54, 1.807) is 11.3 Å². The lowest BCUT2D eigenvalue weighted by atomic mass is 10.1. The lowest BCUT2D eigenvalue weighted by Crippen LogP contribution is -2.17. The van der Waals surface area contributed by atoms with E-state index in [4.69, 9.17) is 4.98 Å². The number of fused-ring (bicyclic) bond motifs is 1. The van der Waals surface area contributed by atoms with Gasteiger partial charge >= 0.3 is 0 Å². The summed E-state index contributed by atoms with van der Waals surface area (Å²) in [6, 6.07) is 10.2. The summed E-state index contributed by atoms with van der Waals surface area (Å²) in [5.41, 5.74) is 6.16. The number of hydrogen-bond acceptors (Lipinski definition) is 5. The van der Waals surface area contributed by atoms with Crippen LogP contribution in [0.15, 0.2) is 52.0 Å². The standard InChI is InChI=1S/C18H19N5S.ClH/c1-3-7-14(8-4-1)17-15(23-11-12-24-18(23)21-17)13-20-22-16-9-5-2-6-10-19-16;/h1,3-4,7-8,11-13H,2,5-6,9-10H2,(H,19,22);1H/b20-13+;. The molecule has 130 valence electrons. The smallest absolute Gasteiger partial charge is 0.194 e. The molecule has 0 unspecified atom stereocenters. The van der Waals surface area contributed by atoms with Gasteiger partial charge in [0.2, 0.25) is 0 Å². The number of imidazole rings is 1. The van der Waals surface area contributed by atoms with E-state index in [0.717, 1.165) is 40.7 Å². The highest BCUT2D eigenvalue weighted by molar-refractivity contribution is 7.15. The number of halogens is 1. The molecule has 7 heteroatoms. The van der Waals surface area contributed by atoms with Gasteiger partial charge in [0.05, 0.1) is 17.6 Å². The van der Waals surface area contributed by atoms with E-state index in [2.05, 4.69) is 32.1 Å². The van der Waals surface area contributed by atoms with Crippen LogP contribution in [0.1, 0.15) is 31.4 Å². The minimum absolute atomic E-state index is 0. The number of nitrogens with zero attached hydrogens (tertiary/aromatic N) is 4. The zero-order valence-corrected chi connectivity index (χ0v) is 15.4. The molecule has 3 aromatic rings. The van der Waals surface area contributed by atoms with Crippen LogP contribution >= 0.6 is 23.7 Å². The molecule has 0 saturated carbocycles. The molecular weight excluding hydrogens is 354 g/mol. The normalized spacial score (nSPS) is 15.0. The second-order valence-corrected chi connectivity index (χ2v) is 6.65. The maximum absolute atomic E-state index is 4.76. The molecule has 1 N–H and O–H groups in total. The molecule has 3 heterocycles. The Bertz CT molecular complexity index is 881. The van der Waals surface area contributed by atoms with Gasteiger partial charge in [0.15, 0.2) is 4.96 Å². The summed E-state index contributed by atoms with van der Waals surface area (Å²) in [5, 5.41) is 6.47. The third kappa shape index (κ3) is 3.91. The van der Waals surface area contributed by atoms with Crippen LogP contribution in [0.4, 0.5) is 0 Å². The summed E-state index contributed by atoms with van der Waals surface area (Å²) in [7, 11) is 0. The Morgan fingerprint density at radius 1 is 1.16 bits per heavy atom. The highest BCUT2D eigenvalue weighted by atomic mass is 35.5. The van der Waals surface area contributed by atoms with E-state index in [1.807, 2.05) is 36.0 Å². The van der Waals surface area contributed by atoms with Crippen molar-refractivity contribution in [3.8, 4) is 11.3 Å². The molecule has 0 aliphatic carbocycles. The summed E-state index contributed by atoms with van der Waals surface area (Å²) in [6.45, 7) is 0.897. The zero-order chi connectivity index (χ0) is 16.2. The highest BCUT2D eigenvalue weighted by Crippen LogP contribution is 2.25. The maximum Gasteiger partial charge on any atom is 0.194 e. The Hall–Kier alpha value is -2.18. The third-order valence-corrected chi connectivity index (χ3v) is 4.86. The zero-order valence-electron chi connectivity index (χ0n) is 13.8. The molecular formula is C18H20ClN5S. The molecule has 0 spiro atoms. The van der Waals surface area contributed by atoms with Crippen LogP contribution in [0, 0.1) is 0 Å². The minimum atomic E-state index is 0. The third-order valence-electron chi connectivity index (χ3n) is 4.10. The van der Waals surface area contributed by atoms with E-state index in [9.17, 15) is 0 Å². The van der Waals surface area contributed by atoms with Crippen LogP contribution in [-0.4, -0.2) is 28.0 Å². The van der Waals surface area contributed by atoms with Crippen LogP contribution in [0.2, 0.25) is 0 Å². The first-order chi connectivity index (χ1) is 11.9. The fourth-order valence-electron chi connectivity index (χ4n) is 2.87. The quantitative estimate of drug-likeness (QED) is 0.547. The molecule has 25 heavy (non-hydrogen) atoms. The van der Waals surface area contributed by atoms with Gasteiger partial charge in [0, 0.05) is 30.1 Å². The summed E-state index contributed by atoms with van der Waals surface area (Å²) in [4.78, 5) is 10.3. The predicted octanol–water partition coefficient (Wildman–Crippen LogP) is 4.38. The van der Waals surface area contributed by atoms with Crippen LogP contribution in [0.3, 0.4) is 0 Å². The average molecular weight is 374 g/mol. The van der Waals surface area contributed by atoms with Crippen LogP contribution < -0.4 is 5.43 Å². The highest BCUT2D eigenvalue weighted by Gasteiger charge is 2.13. The second kappa shape index (κ2) is 8.27. The van der Waals surface area contributed by atoms with Gasteiger partial charge in [0.25, 0.3) is 0 Å². The Labute approximate surface area is 156 Å². The first-order valence-electron chi connectivity index (χ1n) is 8.25. The first-order valence-corrected chi connectivity index (χ1v) is 9.13. The first kappa shape index (κ1) is 17.6. The molecule has 4 rings (SSSR count). The Kier molecular flexibility index (Phi) is 5.83. The summed E-state index contributed by atoms with van der Waals surface area (Å²) >= 11 is 1.63. The van der Waals surface area contributed by atoms with Gasteiger partial charge in [-0.2, -0.15) is 5.10 Å². The molecule has 0 saturated heterocycles. The molecule has 2 aromatic heterocycles. The molecule has 5 nitrogen and oxygen atoms in total. The van der Waals surface area contributed by atoms with Crippen molar-refractivity contribution in [2.75, 3.05) is 6.54 Å². The van der Waals surface area contributed by atoms with E-state index < -0.39 is 0 Å². The Morgan fingerprint density at radius 3 is 2.92 bits per heavy atom. The fourth-order valence-corrected chi connectivity index (χ4v) is 3.59. The molecule has 0 amide bonds. The number of aromatic nitrogens is 2. The van der Waals surface area contributed by atoms with Crippen LogP contribution in [-0.2, 0) is 0 Å². The lowest BCUT2D eigenvalue weighted by molar-refractivity contribution is 0.729. The maximum atomic E-state index is 4.76. The monoisotopic (exact) mass is 373 g/mol. The predicted molar refractivity (Wildman–Crippen MR) is 107 cm³/mol. The number of amidine groups is 1. The number of thiazole rings is 1. The summed E-state index contributed by atoms with van der Waals surface area (Å²) in [6.07, 6.45) is 8.45. The van der Waals surface area contributed by atoms with E-state index in [0.29, 0.717) is 0 Å². The van der Waals surface area contributed by atoms with Crippen LogP contribution in [0.25, 0.3) is 16.2 Å². The molecule has 0 atom stereocenters. The van der Waals surface area contributed by atoms with Gasteiger partial charge < -0.3 is 0 Å². The van der Waals surface area contributed by atoms with Gasteiger partial charge in [-0.3, -0.25) is 14.8 Å². The van der Waals surface area contributed by atoms with Gasteiger partial charge in [-0.25, -0.2) is 4.98 Å². The van der Waals surface area contributed by atoms with Crippen molar-refractivity contribution >= 4 is 40.8 Å². The van der Waals surface area contributed by atoms with Crippen molar-refractivity contribution in [3.63, 3.8) is 0 Å². The molecule has 1 aliphatic heterocycles. The number of hydrazone groups is 1. The lowest BCUT2D eigenvalue weighted by Gasteiger charge is -2.03. The molecule has 1 aliphatic rings. The Balaban J connectivity index is 0.00000182. The van der Waals surface area contributed by atoms with Crippen molar-refractivity contribution in [1.82, 2.24) is 14.8 Å².